The summed E-state index contributed by atoms with van der Waals surface area (Å²) in [6, 6.07) is 7.68. The fourth-order valence-corrected chi connectivity index (χ4v) is 1.61. The molecule has 0 radical (unpaired) electrons. The molecule has 2 aromatic carbocycles. The second-order valence-electron chi connectivity index (χ2n) is 4.09. The molecule has 0 bridgehead atoms. The van der Waals surface area contributed by atoms with Crippen LogP contribution >= 0.6 is 0 Å². The Morgan fingerprint density at radius 1 is 1.19 bits per heavy atom. The van der Waals surface area contributed by atoms with Gasteiger partial charge in [0.25, 0.3) is 5.69 Å². The molecule has 108 valence electrons. The van der Waals surface area contributed by atoms with Crippen LogP contribution in [0, 0.1) is 21.7 Å². The van der Waals surface area contributed by atoms with E-state index in [9.17, 15) is 23.7 Å². The molecule has 0 saturated heterocycles. The third-order valence-electron chi connectivity index (χ3n) is 2.63. The Kier molecular flexibility index (Phi) is 4.22. The van der Waals surface area contributed by atoms with Gasteiger partial charge in [0.05, 0.1) is 4.92 Å². The van der Waals surface area contributed by atoms with Crippen molar-refractivity contribution in [3.05, 3.63) is 69.8 Å². The summed E-state index contributed by atoms with van der Waals surface area (Å²) in [5.74, 6) is -2.48. The molecular formula is C14H9F2NO4. The predicted molar refractivity (Wildman–Crippen MR) is 69.3 cm³/mol. The van der Waals surface area contributed by atoms with Crippen LogP contribution in [-0.4, -0.2) is 17.3 Å². The number of ketones is 1. The van der Waals surface area contributed by atoms with Crippen molar-refractivity contribution in [2.24, 2.45) is 0 Å². The molecular weight excluding hydrogens is 284 g/mol. The molecule has 0 spiro atoms. The number of carbonyl (C=O) groups excluding carboxylic acids is 1. The molecule has 0 heterocycles. The maximum absolute atomic E-state index is 13.3. The molecule has 0 aromatic heterocycles. The normalized spacial score (nSPS) is 10.2. The zero-order valence-electron chi connectivity index (χ0n) is 10.6. The van der Waals surface area contributed by atoms with Crippen LogP contribution in [0.2, 0.25) is 0 Å². The van der Waals surface area contributed by atoms with Crippen molar-refractivity contribution in [2.45, 2.75) is 0 Å². The monoisotopic (exact) mass is 293 g/mol. The maximum atomic E-state index is 13.3. The number of non-ortho nitro benzene ring substituents is 1. The Labute approximate surface area is 117 Å². The smallest absolute Gasteiger partial charge is 0.270 e. The standard InChI is InChI=1S/C14H9F2NO4/c15-10-4-5-12(16)14(7-10)21-8-13(18)9-2-1-3-11(6-9)17(19)20/h1-7H,8H2. The highest BCUT2D eigenvalue weighted by Gasteiger charge is 2.13. The van der Waals surface area contributed by atoms with Crippen LogP contribution < -0.4 is 4.74 Å². The molecule has 0 saturated carbocycles. The number of ether oxygens (including phenoxy) is 1. The van der Waals surface area contributed by atoms with Gasteiger partial charge in [0, 0.05) is 23.8 Å². The van der Waals surface area contributed by atoms with Crippen LogP contribution in [0.5, 0.6) is 5.75 Å². The van der Waals surface area contributed by atoms with Gasteiger partial charge in [-0.05, 0) is 12.1 Å². The van der Waals surface area contributed by atoms with Crippen LogP contribution in [-0.2, 0) is 0 Å². The molecule has 0 fully saturated rings. The van der Waals surface area contributed by atoms with Crippen molar-refractivity contribution in [1.82, 2.24) is 0 Å². The van der Waals surface area contributed by atoms with Gasteiger partial charge in [-0.1, -0.05) is 12.1 Å². The Balaban J connectivity index is 2.10. The van der Waals surface area contributed by atoms with Crippen LogP contribution in [0.4, 0.5) is 14.5 Å². The van der Waals surface area contributed by atoms with E-state index in [1.165, 1.54) is 18.2 Å². The Morgan fingerprint density at radius 3 is 2.67 bits per heavy atom. The zero-order valence-corrected chi connectivity index (χ0v) is 10.6. The number of carbonyl (C=O) groups is 1. The van der Waals surface area contributed by atoms with Gasteiger partial charge < -0.3 is 4.74 Å². The molecule has 0 aliphatic carbocycles. The third-order valence-corrected chi connectivity index (χ3v) is 2.63. The Bertz CT molecular complexity index is 703. The second-order valence-corrected chi connectivity index (χ2v) is 4.09. The van der Waals surface area contributed by atoms with Gasteiger partial charge in [-0.15, -0.1) is 0 Å². The first kappa shape index (κ1) is 14.6. The summed E-state index contributed by atoms with van der Waals surface area (Å²) in [6.07, 6.45) is 0. The Morgan fingerprint density at radius 2 is 1.95 bits per heavy atom. The van der Waals surface area contributed by atoms with E-state index < -0.39 is 34.7 Å². The highest BCUT2D eigenvalue weighted by atomic mass is 19.1. The van der Waals surface area contributed by atoms with Crippen LogP contribution in [0.1, 0.15) is 10.4 Å². The number of halogens is 2. The van der Waals surface area contributed by atoms with Crippen molar-refractivity contribution in [1.29, 1.82) is 0 Å². The minimum atomic E-state index is -0.803. The number of nitro benzene ring substituents is 1. The van der Waals surface area contributed by atoms with E-state index in [4.69, 9.17) is 4.74 Å². The maximum Gasteiger partial charge on any atom is 0.270 e. The lowest BCUT2D eigenvalue weighted by molar-refractivity contribution is -0.384. The van der Waals surface area contributed by atoms with E-state index in [2.05, 4.69) is 0 Å². The molecule has 0 aliphatic heterocycles. The van der Waals surface area contributed by atoms with Crippen molar-refractivity contribution < 1.29 is 23.2 Å². The van der Waals surface area contributed by atoms with E-state index in [0.29, 0.717) is 0 Å². The summed E-state index contributed by atoms with van der Waals surface area (Å²) >= 11 is 0. The number of Topliss-reactive ketones (excluding diaryl/α,β-unsaturated/α-hetero) is 1. The minimum Gasteiger partial charge on any atom is -0.482 e. The summed E-state index contributed by atoms with van der Waals surface area (Å²) in [7, 11) is 0. The lowest BCUT2D eigenvalue weighted by Crippen LogP contribution is -2.12. The van der Waals surface area contributed by atoms with Crippen molar-refractivity contribution in [2.75, 3.05) is 6.61 Å². The Hall–Kier alpha value is -2.83. The molecule has 0 atom stereocenters. The molecule has 0 aliphatic rings. The van der Waals surface area contributed by atoms with E-state index >= 15 is 0 Å². The van der Waals surface area contributed by atoms with E-state index in [1.54, 1.807) is 0 Å². The molecule has 0 unspecified atom stereocenters. The summed E-state index contributed by atoms with van der Waals surface area (Å²) in [4.78, 5) is 21.8. The van der Waals surface area contributed by atoms with E-state index in [0.717, 1.165) is 24.3 Å². The van der Waals surface area contributed by atoms with Crippen molar-refractivity contribution in [3.63, 3.8) is 0 Å². The SMILES string of the molecule is O=C(COc1cc(F)ccc1F)c1cccc([N+](=O)[O-])c1. The number of benzene rings is 2. The average Bonchev–Trinajstić information content (AvgIpc) is 2.48. The number of hydrogen-bond donors (Lipinski definition) is 0. The number of nitrogens with zero attached hydrogens (tertiary/aromatic N) is 1. The van der Waals surface area contributed by atoms with Crippen LogP contribution in [0.25, 0.3) is 0 Å². The first-order valence-electron chi connectivity index (χ1n) is 5.83. The van der Waals surface area contributed by atoms with E-state index in [1.807, 2.05) is 0 Å². The van der Waals surface area contributed by atoms with E-state index in [-0.39, 0.29) is 11.3 Å². The topological polar surface area (TPSA) is 69.4 Å². The third kappa shape index (κ3) is 3.59. The fraction of sp³-hybridized carbons (Fsp3) is 0.0714. The number of hydrogen-bond acceptors (Lipinski definition) is 4. The number of nitro groups is 1. The molecule has 0 amide bonds. The summed E-state index contributed by atoms with van der Waals surface area (Å²) in [6.45, 7) is -0.554. The second kappa shape index (κ2) is 6.08. The molecule has 7 heteroatoms. The van der Waals surface area contributed by atoms with Crippen LogP contribution in [0.3, 0.4) is 0 Å². The number of rotatable bonds is 5. The largest absolute Gasteiger partial charge is 0.482 e. The summed E-state index contributed by atoms with van der Waals surface area (Å²) in [5.41, 5.74) is -0.182. The molecule has 0 N–H and O–H groups in total. The van der Waals surface area contributed by atoms with Gasteiger partial charge in [-0.3, -0.25) is 14.9 Å². The first-order valence-corrected chi connectivity index (χ1v) is 5.83. The molecule has 2 aromatic rings. The summed E-state index contributed by atoms with van der Waals surface area (Å²) < 4.78 is 31.1. The zero-order chi connectivity index (χ0) is 15.4. The van der Waals surface area contributed by atoms with Crippen molar-refractivity contribution >= 4 is 11.5 Å². The summed E-state index contributed by atoms with van der Waals surface area (Å²) in [5, 5.41) is 10.6. The van der Waals surface area contributed by atoms with Crippen LogP contribution in [0.15, 0.2) is 42.5 Å². The first-order chi connectivity index (χ1) is 9.97. The highest BCUT2D eigenvalue weighted by Crippen LogP contribution is 2.19. The fourth-order valence-electron chi connectivity index (χ4n) is 1.61. The average molecular weight is 293 g/mol. The van der Waals surface area contributed by atoms with Gasteiger partial charge in [-0.2, -0.15) is 0 Å². The lowest BCUT2D eigenvalue weighted by Gasteiger charge is -2.06. The molecule has 2 rings (SSSR count). The predicted octanol–water partition coefficient (Wildman–Crippen LogP) is 3.13. The quantitative estimate of drug-likeness (QED) is 0.482. The molecule has 21 heavy (non-hydrogen) atoms. The lowest BCUT2D eigenvalue weighted by atomic mass is 10.1. The highest BCUT2D eigenvalue weighted by molar-refractivity contribution is 5.97. The van der Waals surface area contributed by atoms with Gasteiger partial charge in [-0.25, -0.2) is 8.78 Å². The van der Waals surface area contributed by atoms with Gasteiger partial charge in [0.15, 0.2) is 24.0 Å². The van der Waals surface area contributed by atoms with Gasteiger partial charge in [0.2, 0.25) is 0 Å². The van der Waals surface area contributed by atoms with Crippen molar-refractivity contribution in [3.8, 4) is 5.75 Å². The van der Waals surface area contributed by atoms with Gasteiger partial charge >= 0.3 is 0 Å². The minimum absolute atomic E-state index is 0.0565. The van der Waals surface area contributed by atoms with Gasteiger partial charge in [0.1, 0.15) is 5.82 Å². The molecule has 5 nitrogen and oxygen atoms in total.